The van der Waals surface area contributed by atoms with Gasteiger partial charge in [0.1, 0.15) is 17.4 Å². The van der Waals surface area contributed by atoms with Gasteiger partial charge in [-0.15, -0.1) is 0 Å². The summed E-state index contributed by atoms with van der Waals surface area (Å²) in [7, 11) is 1.63. The van der Waals surface area contributed by atoms with Gasteiger partial charge in [-0.2, -0.15) is 5.26 Å². The van der Waals surface area contributed by atoms with Crippen LogP contribution in [0.5, 0.6) is 5.75 Å². The van der Waals surface area contributed by atoms with Gasteiger partial charge in [0, 0.05) is 18.4 Å². The molecule has 1 amide bonds. The Bertz CT molecular complexity index is 854. The first-order valence-corrected chi connectivity index (χ1v) is 8.80. The number of ether oxygens (including phenoxy) is 1. The number of methoxy groups -OCH3 is 1. The van der Waals surface area contributed by atoms with Gasteiger partial charge >= 0.3 is 0 Å². The number of rotatable bonds is 7. The average Bonchev–Trinajstić information content (AvgIpc) is 2.65. The molecule has 0 saturated heterocycles. The first-order valence-electron chi connectivity index (χ1n) is 8.80. The molecule has 0 heterocycles. The summed E-state index contributed by atoms with van der Waals surface area (Å²) in [6, 6.07) is 13.8. The fourth-order valence-corrected chi connectivity index (χ4v) is 2.89. The number of nitrogens with zero attached hydrogens (tertiary/aromatic N) is 1. The highest BCUT2D eigenvalue weighted by Crippen LogP contribution is 2.22. The van der Waals surface area contributed by atoms with Gasteiger partial charge < -0.3 is 15.4 Å². The van der Waals surface area contributed by atoms with Crippen LogP contribution in [-0.2, 0) is 11.2 Å². The minimum Gasteiger partial charge on any atom is -0.497 e. The summed E-state index contributed by atoms with van der Waals surface area (Å²) in [6.45, 7) is 6.52. The maximum absolute atomic E-state index is 12.4. The minimum atomic E-state index is -0.412. The largest absolute Gasteiger partial charge is 0.497 e. The fourth-order valence-electron chi connectivity index (χ4n) is 2.89. The lowest BCUT2D eigenvalue weighted by Crippen LogP contribution is -2.19. The van der Waals surface area contributed by atoms with Crippen molar-refractivity contribution >= 4 is 11.6 Å². The Kier molecular flexibility index (Phi) is 7.01. The number of carbonyl (C=O) groups excluding carboxylic acids is 1. The van der Waals surface area contributed by atoms with Crippen LogP contribution >= 0.6 is 0 Å². The fraction of sp³-hybridized carbons (Fsp3) is 0.273. The standard InChI is InChI=1S/C22H25N3O2/c1-15-11-16(2)21(17(3)12-15)25-22(26)19(13-23)14-24-10-9-18-5-7-20(27-4)8-6-18/h5-8,11-12,14,24H,9-10H2,1-4H3,(H,25,26)/b19-14-. The van der Waals surface area contributed by atoms with Crippen LogP contribution in [0, 0.1) is 32.1 Å². The van der Waals surface area contributed by atoms with Crippen LogP contribution in [0.25, 0.3) is 0 Å². The molecule has 0 unspecified atom stereocenters. The van der Waals surface area contributed by atoms with Crippen molar-refractivity contribution in [2.45, 2.75) is 27.2 Å². The molecule has 0 bridgehead atoms. The molecule has 0 aromatic heterocycles. The minimum absolute atomic E-state index is 0.0455. The maximum Gasteiger partial charge on any atom is 0.267 e. The summed E-state index contributed by atoms with van der Waals surface area (Å²) in [6.07, 6.45) is 2.24. The number of benzene rings is 2. The van der Waals surface area contributed by atoms with Crippen molar-refractivity contribution in [1.29, 1.82) is 5.26 Å². The summed E-state index contributed by atoms with van der Waals surface area (Å²) in [5.74, 6) is 0.404. The van der Waals surface area contributed by atoms with Gasteiger partial charge in [0.2, 0.25) is 0 Å². The Balaban J connectivity index is 1.95. The molecule has 140 valence electrons. The lowest BCUT2D eigenvalue weighted by molar-refractivity contribution is -0.112. The van der Waals surface area contributed by atoms with E-state index in [4.69, 9.17) is 4.74 Å². The molecule has 0 aliphatic carbocycles. The Morgan fingerprint density at radius 2 is 1.78 bits per heavy atom. The van der Waals surface area contributed by atoms with Crippen molar-refractivity contribution in [3.05, 3.63) is 70.4 Å². The van der Waals surface area contributed by atoms with Crippen LogP contribution in [0.3, 0.4) is 0 Å². The SMILES string of the molecule is COc1ccc(CCN/C=C(/C#N)C(=O)Nc2c(C)cc(C)cc2C)cc1. The Labute approximate surface area is 160 Å². The number of nitriles is 1. The maximum atomic E-state index is 12.4. The van der Waals surface area contributed by atoms with Gasteiger partial charge in [0.05, 0.1) is 7.11 Å². The van der Waals surface area contributed by atoms with E-state index in [9.17, 15) is 10.1 Å². The van der Waals surface area contributed by atoms with E-state index in [1.807, 2.05) is 63.2 Å². The lowest BCUT2D eigenvalue weighted by atomic mass is 10.0. The summed E-state index contributed by atoms with van der Waals surface area (Å²) >= 11 is 0. The highest BCUT2D eigenvalue weighted by molar-refractivity contribution is 6.07. The van der Waals surface area contributed by atoms with Crippen LogP contribution in [0.2, 0.25) is 0 Å². The Morgan fingerprint density at radius 1 is 1.15 bits per heavy atom. The molecule has 5 heteroatoms. The molecule has 2 N–H and O–H groups in total. The van der Waals surface area contributed by atoms with Gasteiger partial charge in [0.15, 0.2) is 0 Å². The van der Waals surface area contributed by atoms with E-state index in [0.717, 1.165) is 40.1 Å². The molecule has 0 spiro atoms. The third-order valence-electron chi connectivity index (χ3n) is 4.24. The van der Waals surface area contributed by atoms with Gasteiger partial charge in [-0.1, -0.05) is 29.8 Å². The highest BCUT2D eigenvalue weighted by atomic mass is 16.5. The number of nitrogens with one attached hydrogen (secondary N) is 2. The van der Waals surface area contributed by atoms with Crippen molar-refractivity contribution in [2.75, 3.05) is 19.0 Å². The van der Waals surface area contributed by atoms with Crippen LogP contribution in [0.15, 0.2) is 48.2 Å². The quantitative estimate of drug-likeness (QED) is 0.446. The first kappa shape index (κ1) is 20.1. The summed E-state index contributed by atoms with van der Waals surface area (Å²) in [5, 5.41) is 15.2. The zero-order valence-corrected chi connectivity index (χ0v) is 16.2. The predicted molar refractivity (Wildman–Crippen MR) is 108 cm³/mol. The van der Waals surface area contributed by atoms with Crippen LogP contribution in [0.4, 0.5) is 5.69 Å². The van der Waals surface area contributed by atoms with Gasteiger partial charge in [-0.25, -0.2) is 0 Å². The molecule has 2 rings (SSSR count). The van der Waals surface area contributed by atoms with E-state index in [1.165, 1.54) is 6.20 Å². The van der Waals surface area contributed by atoms with Crippen LogP contribution < -0.4 is 15.4 Å². The highest BCUT2D eigenvalue weighted by Gasteiger charge is 2.12. The number of amides is 1. The number of carbonyl (C=O) groups is 1. The summed E-state index contributed by atoms with van der Waals surface area (Å²) < 4.78 is 5.13. The normalized spacial score (nSPS) is 10.9. The van der Waals surface area contributed by atoms with E-state index in [1.54, 1.807) is 7.11 Å². The molecule has 2 aromatic carbocycles. The number of hydrogen-bond acceptors (Lipinski definition) is 4. The number of anilines is 1. The average molecular weight is 363 g/mol. The number of aryl methyl sites for hydroxylation is 3. The molecular weight excluding hydrogens is 338 g/mol. The van der Waals surface area contributed by atoms with E-state index in [2.05, 4.69) is 10.6 Å². The molecular formula is C22H25N3O2. The topological polar surface area (TPSA) is 74.1 Å². The first-order chi connectivity index (χ1) is 12.9. The Hall–Kier alpha value is -3.26. The molecule has 0 atom stereocenters. The Morgan fingerprint density at radius 3 is 2.33 bits per heavy atom. The second kappa shape index (κ2) is 9.44. The van der Waals surface area contributed by atoms with Crippen molar-refractivity contribution in [1.82, 2.24) is 5.32 Å². The van der Waals surface area contributed by atoms with Crippen LogP contribution in [0.1, 0.15) is 22.3 Å². The van der Waals surface area contributed by atoms with E-state index >= 15 is 0 Å². The number of hydrogen-bond donors (Lipinski definition) is 2. The van der Waals surface area contributed by atoms with Gasteiger partial charge in [-0.05, 0) is 56.0 Å². The molecule has 2 aromatic rings. The summed E-state index contributed by atoms with van der Waals surface area (Å²) in [5.41, 5.74) is 5.04. The van der Waals surface area contributed by atoms with E-state index in [0.29, 0.717) is 6.54 Å². The molecule has 0 saturated carbocycles. The van der Waals surface area contributed by atoms with E-state index < -0.39 is 5.91 Å². The molecule has 0 aliphatic rings. The predicted octanol–water partition coefficient (Wildman–Crippen LogP) is 3.80. The summed E-state index contributed by atoms with van der Waals surface area (Å²) in [4.78, 5) is 12.4. The van der Waals surface area contributed by atoms with Crippen molar-refractivity contribution in [3.63, 3.8) is 0 Å². The zero-order valence-electron chi connectivity index (χ0n) is 16.2. The molecule has 0 fully saturated rings. The second-order valence-electron chi connectivity index (χ2n) is 6.45. The van der Waals surface area contributed by atoms with E-state index in [-0.39, 0.29) is 5.57 Å². The van der Waals surface area contributed by atoms with Gasteiger partial charge in [0.25, 0.3) is 5.91 Å². The van der Waals surface area contributed by atoms with Crippen molar-refractivity contribution in [2.24, 2.45) is 0 Å². The molecule has 5 nitrogen and oxygen atoms in total. The second-order valence-corrected chi connectivity index (χ2v) is 6.45. The lowest BCUT2D eigenvalue weighted by Gasteiger charge is -2.12. The smallest absolute Gasteiger partial charge is 0.267 e. The monoisotopic (exact) mass is 363 g/mol. The zero-order chi connectivity index (χ0) is 19.8. The third-order valence-corrected chi connectivity index (χ3v) is 4.24. The molecule has 0 radical (unpaired) electrons. The van der Waals surface area contributed by atoms with Crippen LogP contribution in [-0.4, -0.2) is 19.6 Å². The van der Waals surface area contributed by atoms with Gasteiger partial charge in [-0.3, -0.25) is 4.79 Å². The molecule has 27 heavy (non-hydrogen) atoms. The van der Waals surface area contributed by atoms with Crippen molar-refractivity contribution < 1.29 is 9.53 Å². The third kappa shape index (κ3) is 5.61. The van der Waals surface area contributed by atoms with Crippen molar-refractivity contribution in [3.8, 4) is 11.8 Å². The molecule has 0 aliphatic heterocycles.